The fourth-order valence-corrected chi connectivity index (χ4v) is 1.54. The lowest BCUT2D eigenvalue weighted by molar-refractivity contribution is -0.120. The molecule has 1 N–H and O–H groups in total. The van der Waals surface area contributed by atoms with Gasteiger partial charge in [-0.3, -0.25) is 10.1 Å². The van der Waals surface area contributed by atoms with Crippen molar-refractivity contribution in [1.82, 2.24) is 15.1 Å². The largest absolute Gasteiger partial charge is 0.403 e. The minimum Gasteiger partial charge on any atom is -0.403 e. The molecular weight excluding hydrogens is 272 g/mol. The highest BCUT2D eigenvalue weighted by Gasteiger charge is 2.11. The molecule has 7 nitrogen and oxygen atoms in total. The molecule has 0 saturated carbocycles. The highest BCUT2D eigenvalue weighted by atomic mass is 16.5. The van der Waals surface area contributed by atoms with Crippen molar-refractivity contribution in [3.63, 3.8) is 0 Å². The molecule has 1 aromatic carbocycles. The maximum absolute atomic E-state index is 11.6. The molecule has 0 saturated heterocycles. The van der Waals surface area contributed by atoms with E-state index in [0.29, 0.717) is 12.5 Å². The molecule has 0 atom stereocenters. The number of aromatic nitrogens is 2. The van der Waals surface area contributed by atoms with E-state index in [4.69, 9.17) is 9.15 Å². The highest BCUT2D eigenvalue weighted by Crippen LogP contribution is 2.18. The summed E-state index contributed by atoms with van der Waals surface area (Å²) in [5.41, 5.74) is 0.799. The average Bonchev–Trinajstić information content (AvgIpc) is 2.93. The molecule has 1 amide bonds. The van der Waals surface area contributed by atoms with Gasteiger partial charge in [-0.25, -0.2) is 0 Å². The van der Waals surface area contributed by atoms with Crippen molar-refractivity contribution in [2.45, 2.75) is 0 Å². The zero-order valence-electron chi connectivity index (χ0n) is 12.1. The van der Waals surface area contributed by atoms with Gasteiger partial charge in [0, 0.05) is 12.1 Å². The Morgan fingerprint density at radius 1 is 1.29 bits per heavy atom. The van der Waals surface area contributed by atoms with Crippen LogP contribution in [0.15, 0.2) is 34.7 Å². The van der Waals surface area contributed by atoms with Crippen molar-refractivity contribution in [2.75, 3.05) is 39.2 Å². The lowest BCUT2D eigenvalue weighted by atomic mass is 10.2. The van der Waals surface area contributed by atoms with E-state index in [1.54, 1.807) is 0 Å². The van der Waals surface area contributed by atoms with Gasteiger partial charge in [-0.2, -0.15) is 0 Å². The second kappa shape index (κ2) is 7.51. The summed E-state index contributed by atoms with van der Waals surface area (Å²) in [7, 11) is 3.87. The maximum atomic E-state index is 11.6. The Hall–Kier alpha value is -2.25. The van der Waals surface area contributed by atoms with Gasteiger partial charge in [-0.05, 0) is 26.2 Å². The monoisotopic (exact) mass is 290 g/mol. The molecule has 0 aliphatic carbocycles. The second-order valence-electron chi connectivity index (χ2n) is 4.68. The second-order valence-corrected chi connectivity index (χ2v) is 4.68. The Labute approximate surface area is 122 Å². The predicted octanol–water partition coefficient (Wildman–Crippen LogP) is 1.25. The summed E-state index contributed by atoms with van der Waals surface area (Å²) < 4.78 is 10.6. The number of ether oxygens (including phenoxy) is 1. The molecule has 0 unspecified atom stereocenters. The summed E-state index contributed by atoms with van der Waals surface area (Å²) in [4.78, 5) is 13.6. The molecule has 0 radical (unpaired) electrons. The number of rotatable bonds is 7. The number of likely N-dealkylation sites (N-methyl/N-ethyl adjacent to an activating group) is 1. The van der Waals surface area contributed by atoms with Crippen LogP contribution in [0.25, 0.3) is 11.5 Å². The third kappa shape index (κ3) is 4.97. The van der Waals surface area contributed by atoms with Gasteiger partial charge < -0.3 is 14.1 Å². The summed E-state index contributed by atoms with van der Waals surface area (Å²) in [5, 5.41) is 10.2. The molecule has 0 aliphatic rings. The van der Waals surface area contributed by atoms with Crippen molar-refractivity contribution < 1.29 is 13.9 Å². The number of hydrogen-bond donors (Lipinski definition) is 1. The number of amides is 1. The fourth-order valence-electron chi connectivity index (χ4n) is 1.54. The van der Waals surface area contributed by atoms with E-state index in [2.05, 4.69) is 15.5 Å². The van der Waals surface area contributed by atoms with Crippen LogP contribution in [0.2, 0.25) is 0 Å². The topological polar surface area (TPSA) is 80.5 Å². The minimum atomic E-state index is -0.322. The van der Waals surface area contributed by atoms with Crippen LogP contribution in [0.4, 0.5) is 6.01 Å². The van der Waals surface area contributed by atoms with Gasteiger partial charge in [-0.1, -0.05) is 23.3 Å². The van der Waals surface area contributed by atoms with Crippen LogP contribution in [0.1, 0.15) is 0 Å². The first kappa shape index (κ1) is 15.1. The lowest BCUT2D eigenvalue weighted by Gasteiger charge is -2.09. The summed E-state index contributed by atoms with van der Waals surface area (Å²) >= 11 is 0. The summed E-state index contributed by atoms with van der Waals surface area (Å²) in [6.45, 7) is 1.20. The van der Waals surface area contributed by atoms with Gasteiger partial charge in [0.1, 0.15) is 6.61 Å². The Balaban J connectivity index is 1.81. The fraction of sp³-hybridized carbons (Fsp3) is 0.357. The molecule has 1 aromatic heterocycles. The van der Waals surface area contributed by atoms with Gasteiger partial charge >= 0.3 is 6.01 Å². The number of benzene rings is 1. The van der Waals surface area contributed by atoms with E-state index in [1.807, 2.05) is 49.3 Å². The van der Waals surface area contributed by atoms with Gasteiger partial charge in [0.15, 0.2) is 0 Å². The van der Waals surface area contributed by atoms with Gasteiger partial charge in [0.2, 0.25) is 5.89 Å². The average molecular weight is 290 g/mol. The number of nitrogens with one attached hydrogen (secondary N) is 1. The van der Waals surface area contributed by atoms with Crippen LogP contribution < -0.4 is 5.32 Å². The zero-order chi connectivity index (χ0) is 15.1. The predicted molar refractivity (Wildman–Crippen MR) is 77.7 cm³/mol. The molecule has 0 bridgehead atoms. The number of nitrogens with zero attached hydrogens (tertiary/aromatic N) is 3. The van der Waals surface area contributed by atoms with Gasteiger partial charge in [0.25, 0.3) is 5.91 Å². The van der Waals surface area contributed by atoms with E-state index in [-0.39, 0.29) is 18.5 Å². The smallest absolute Gasteiger partial charge is 0.322 e. The van der Waals surface area contributed by atoms with E-state index in [1.165, 1.54) is 0 Å². The first-order chi connectivity index (χ1) is 10.1. The summed E-state index contributed by atoms with van der Waals surface area (Å²) in [6, 6.07) is 9.41. The van der Waals surface area contributed by atoms with E-state index >= 15 is 0 Å². The molecule has 112 valence electrons. The lowest BCUT2D eigenvalue weighted by Crippen LogP contribution is -2.23. The maximum Gasteiger partial charge on any atom is 0.322 e. The molecule has 0 spiro atoms. The van der Waals surface area contributed by atoms with Gasteiger partial charge in [0.05, 0.1) is 6.61 Å². The SMILES string of the molecule is CN(C)CCOCC(=O)Nc1nnc(-c2ccccc2)o1. The Morgan fingerprint density at radius 3 is 2.76 bits per heavy atom. The Morgan fingerprint density at radius 2 is 2.05 bits per heavy atom. The van der Waals surface area contributed by atoms with Crippen LogP contribution in [0.5, 0.6) is 0 Å². The zero-order valence-corrected chi connectivity index (χ0v) is 12.1. The summed E-state index contributed by atoms with van der Waals surface area (Å²) in [6.07, 6.45) is 0. The van der Waals surface area contributed by atoms with Crippen LogP contribution in [-0.4, -0.2) is 54.9 Å². The number of carbonyl (C=O) groups excluding carboxylic acids is 1. The molecular formula is C14H18N4O3. The van der Waals surface area contributed by atoms with Crippen LogP contribution >= 0.6 is 0 Å². The van der Waals surface area contributed by atoms with Crippen molar-refractivity contribution >= 4 is 11.9 Å². The first-order valence-corrected chi connectivity index (χ1v) is 6.56. The van der Waals surface area contributed by atoms with Crippen LogP contribution in [-0.2, 0) is 9.53 Å². The Kier molecular flexibility index (Phi) is 5.42. The molecule has 2 rings (SSSR count). The van der Waals surface area contributed by atoms with Crippen molar-refractivity contribution in [1.29, 1.82) is 0 Å². The van der Waals surface area contributed by atoms with E-state index in [9.17, 15) is 4.79 Å². The van der Waals surface area contributed by atoms with Crippen molar-refractivity contribution in [3.05, 3.63) is 30.3 Å². The Bertz CT molecular complexity index is 569. The van der Waals surface area contributed by atoms with E-state index < -0.39 is 0 Å². The first-order valence-electron chi connectivity index (χ1n) is 6.56. The van der Waals surface area contributed by atoms with Gasteiger partial charge in [-0.15, -0.1) is 5.10 Å². The molecule has 1 heterocycles. The van der Waals surface area contributed by atoms with Crippen molar-refractivity contribution in [3.8, 4) is 11.5 Å². The normalized spacial score (nSPS) is 10.8. The van der Waals surface area contributed by atoms with Crippen LogP contribution in [0.3, 0.4) is 0 Å². The van der Waals surface area contributed by atoms with Crippen LogP contribution in [0, 0.1) is 0 Å². The quantitative estimate of drug-likeness (QED) is 0.773. The molecule has 7 heteroatoms. The van der Waals surface area contributed by atoms with E-state index in [0.717, 1.165) is 12.1 Å². The standard InChI is InChI=1S/C14H18N4O3/c1-18(2)8-9-20-10-12(19)15-14-17-16-13(21-14)11-6-4-3-5-7-11/h3-7H,8-10H2,1-2H3,(H,15,17,19). The third-order valence-corrected chi connectivity index (χ3v) is 2.61. The highest BCUT2D eigenvalue weighted by molar-refractivity contribution is 5.89. The number of carbonyl (C=O) groups is 1. The molecule has 2 aromatic rings. The molecule has 21 heavy (non-hydrogen) atoms. The number of hydrogen-bond acceptors (Lipinski definition) is 6. The third-order valence-electron chi connectivity index (χ3n) is 2.61. The summed E-state index contributed by atoms with van der Waals surface area (Å²) in [5.74, 6) is 0.0384. The van der Waals surface area contributed by atoms with Crippen molar-refractivity contribution in [2.24, 2.45) is 0 Å². The molecule has 0 aliphatic heterocycles. The number of anilines is 1. The minimum absolute atomic E-state index is 0.0448. The molecule has 0 fully saturated rings.